The second kappa shape index (κ2) is 7.02. The van der Waals surface area contributed by atoms with Gasteiger partial charge in [-0.3, -0.25) is 9.13 Å². The van der Waals surface area contributed by atoms with E-state index in [0.29, 0.717) is 25.5 Å². The van der Waals surface area contributed by atoms with E-state index in [9.17, 15) is 4.79 Å². The lowest BCUT2D eigenvalue weighted by Gasteiger charge is -2.11. The molecule has 0 spiro atoms. The Morgan fingerprint density at radius 1 is 1.10 bits per heavy atom. The highest BCUT2D eigenvalue weighted by molar-refractivity contribution is 5.39. The normalized spacial score (nSPS) is 10.9. The van der Waals surface area contributed by atoms with Gasteiger partial charge in [-0.25, -0.2) is 4.79 Å². The molecule has 114 valence electrons. The molecule has 21 heavy (non-hydrogen) atoms. The van der Waals surface area contributed by atoms with Crippen LogP contribution in [-0.4, -0.2) is 22.3 Å². The molecule has 0 saturated heterocycles. The molecule has 1 heterocycles. The van der Waals surface area contributed by atoms with Crippen molar-refractivity contribution in [3.63, 3.8) is 0 Å². The van der Waals surface area contributed by atoms with Crippen LogP contribution >= 0.6 is 0 Å². The van der Waals surface area contributed by atoms with Gasteiger partial charge in [0.2, 0.25) is 0 Å². The molecule has 0 atom stereocenters. The molecule has 1 aromatic carbocycles. The quantitative estimate of drug-likeness (QED) is 0.787. The van der Waals surface area contributed by atoms with E-state index < -0.39 is 0 Å². The number of imidazole rings is 1. The van der Waals surface area contributed by atoms with Gasteiger partial charge in [-0.1, -0.05) is 12.1 Å². The highest BCUT2D eigenvalue weighted by atomic mass is 16.5. The Kier molecular flexibility index (Phi) is 5.09. The Bertz CT molecular complexity index is 628. The molecule has 5 nitrogen and oxygen atoms in total. The fraction of sp³-hybridized carbons (Fsp3) is 0.438. The number of hydrogen-bond donors (Lipinski definition) is 0. The molecular weight excluding hydrogens is 268 g/mol. The molecule has 1 aromatic heterocycles. The van der Waals surface area contributed by atoms with Gasteiger partial charge in [-0.2, -0.15) is 0 Å². The molecule has 0 amide bonds. The van der Waals surface area contributed by atoms with Gasteiger partial charge in [0.05, 0.1) is 13.2 Å². The van der Waals surface area contributed by atoms with E-state index in [-0.39, 0.29) is 11.7 Å². The monoisotopic (exact) mass is 290 g/mol. The predicted octanol–water partition coefficient (Wildman–Crippen LogP) is 2.71. The van der Waals surface area contributed by atoms with E-state index >= 15 is 0 Å². The van der Waals surface area contributed by atoms with Crippen LogP contribution in [0.2, 0.25) is 0 Å². The van der Waals surface area contributed by atoms with Gasteiger partial charge in [0.15, 0.2) is 11.5 Å². The van der Waals surface area contributed by atoms with Gasteiger partial charge in [0, 0.05) is 18.4 Å². The number of ether oxygens (including phenoxy) is 2. The van der Waals surface area contributed by atoms with Crippen molar-refractivity contribution in [3.05, 3.63) is 47.1 Å². The molecule has 0 bridgehead atoms. The number of nitrogens with zero attached hydrogens (tertiary/aromatic N) is 2. The van der Waals surface area contributed by atoms with Crippen molar-refractivity contribution in [3.8, 4) is 11.5 Å². The summed E-state index contributed by atoms with van der Waals surface area (Å²) >= 11 is 0. The minimum absolute atomic E-state index is 0.00769. The molecule has 2 rings (SSSR count). The zero-order valence-corrected chi connectivity index (χ0v) is 12.8. The number of benzene rings is 1. The van der Waals surface area contributed by atoms with E-state index in [2.05, 4.69) is 0 Å². The van der Waals surface area contributed by atoms with Gasteiger partial charge in [0.25, 0.3) is 0 Å². The van der Waals surface area contributed by atoms with Crippen LogP contribution < -0.4 is 15.2 Å². The second-order valence-corrected chi connectivity index (χ2v) is 5.00. The lowest BCUT2D eigenvalue weighted by atomic mass is 10.3. The highest BCUT2D eigenvalue weighted by Crippen LogP contribution is 2.26. The molecule has 0 radical (unpaired) electrons. The lowest BCUT2D eigenvalue weighted by molar-refractivity contribution is 0.265. The summed E-state index contributed by atoms with van der Waals surface area (Å²) in [5.74, 6) is 1.43. The van der Waals surface area contributed by atoms with E-state index in [1.165, 1.54) is 0 Å². The summed E-state index contributed by atoms with van der Waals surface area (Å²) in [5.41, 5.74) is -0.00769. The topological polar surface area (TPSA) is 45.4 Å². The minimum atomic E-state index is -0.00769. The van der Waals surface area contributed by atoms with E-state index in [4.69, 9.17) is 9.47 Å². The first-order valence-electron chi connectivity index (χ1n) is 7.25. The third-order valence-electron chi connectivity index (χ3n) is 3.17. The maximum atomic E-state index is 12.1. The van der Waals surface area contributed by atoms with E-state index in [0.717, 1.165) is 5.75 Å². The summed E-state index contributed by atoms with van der Waals surface area (Å²) in [6.45, 7) is 7.44. The van der Waals surface area contributed by atoms with Crippen molar-refractivity contribution in [2.24, 2.45) is 0 Å². The molecule has 0 N–H and O–H groups in total. The Balaban J connectivity index is 1.97. The van der Waals surface area contributed by atoms with Crippen molar-refractivity contribution in [1.29, 1.82) is 0 Å². The molecular formula is C16H22N2O3. The zero-order chi connectivity index (χ0) is 15.2. The van der Waals surface area contributed by atoms with Crippen molar-refractivity contribution in [1.82, 2.24) is 9.13 Å². The Hall–Kier alpha value is -2.17. The number of para-hydroxylation sites is 2. The molecule has 0 aliphatic heterocycles. The van der Waals surface area contributed by atoms with Crippen molar-refractivity contribution in [2.45, 2.75) is 33.4 Å². The van der Waals surface area contributed by atoms with Crippen LogP contribution in [0.5, 0.6) is 11.5 Å². The van der Waals surface area contributed by atoms with E-state index in [1.807, 2.05) is 45.0 Å². The Morgan fingerprint density at radius 3 is 2.33 bits per heavy atom. The van der Waals surface area contributed by atoms with Gasteiger partial charge in [0.1, 0.15) is 6.61 Å². The largest absolute Gasteiger partial charge is 0.490 e. The van der Waals surface area contributed by atoms with Crippen LogP contribution in [0.4, 0.5) is 0 Å². The SMILES string of the molecule is CCOc1ccccc1OCCn1ccn(C(C)C)c1=O. The number of hydrogen-bond acceptors (Lipinski definition) is 3. The summed E-state index contributed by atoms with van der Waals surface area (Å²) < 4.78 is 14.6. The molecule has 0 fully saturated rings. The molecule has 0 unspecified atom stereocenters. The zero-order valence-electron chi connectivity index (χ0n) is 12.8. The molecule has 0 aliphatic rings. The first kappa shape index (κ1) is 15.2. The molecule has 0 saturated carbocycles. The molecule has 0 aliphatic carbocycles. The van der Waals surface area contributed by atoms with Crippen molar-refractivity contribution < 1.29 is 9.47 Å². The predicted molar refractivity (Wildman–Crippen MR) is 82.2 cm³/mol. The third-order valence-corrected chi connectivity index (χ3v) is 3.17. The highest BCUT2D eigenvalue weighted by Gasteiger charge is 2.07. The van der Waals surface area contributed by atoms with Crippen molar-refractivity contribution >= 4 is 0 Å². The first-order chi connectivity index (χ1) is 10.1. The van der Waals surface area contributed by atoms with Gasteiger partial charge in [-0.15, -0.1) is 0 Å². The number of rotatable bonds is 7. The Morgan fingerprint density at radius 2 is 1.76 bits per heavy atom. The maximum Gasteiger partial charge on any atom is 0.328 e. The van der Waals surface area contributed by atoms with E-state index in [1.54, 1.807) is 21.5 Å². The first-order valence-corrected chi connectivity index (χ1v) is 7.25. The standard InChI is InChI=1S/C16H22N2O3/c1-4-20-14-7-5-6-8-15(14)21-12-11-17-9-10-18(13(2)3)16(17)19/h5-10,13H,4,11-12H2,1-3H3. The average molecular weight is 290 g/mol. The molecule has 2 aromatic rings. The third kappa shape index (κ3) is 3.68. The fourth-order valence-corrected chi connectivity index (χ4v) is 2.09. The van der Waals surface area contributed by atoms with Gasteiger partial charge >= 0.3 is 5.69 Å². The second-order valence-electron chi connectivity index (χ2n) is 5.00. The van der Waals surface area contributed by atoms with Crippen LogP contribution in [-0.2, 0) is 6.54 Å². The molecule has 5 heteroatoms. The van der Waals surface area contributed by atoms with Crippen LogP contribution in [0.25, 0.3) is 0 Å². The summed E-state index contributed by atoms with van der Waals surface area (Å²) in [7, 11) is 0. The summed E-state index contributed by atoms with van der Waals surface area (Å²) in [6.07, 6.45) is 3.60. The van der Waals surface area contributed by atoms with Gasteiger partial charge in [-0.05, 0) is 32.9 Å². The number of aromatic nitrogens is 2. The van der Waals surface area contributed by atoms with Crippen LogP contribution in [0.3, 0.4) is 0 Å². The van der Waals surface area contributed by atoms with Crippen LogP contribution in [0.1, 0.15) is 26.8 Å². The minimum Gasteiger partial charge on any atom is -0.490 e. The van der Waals surface area contributed by atoms with Crippen LogP contribution in [0.15, 0.2) is 41.5 Å². The Labute approximate surface area is 124 Å². The summed E-state index contributed by atoms with van der Waals surface area (Å²) in [4.78, 5) is 12.1. The summed E-state index contributed by atoms with van der Waals surface area (Å²) in [5, 5.41) is 0. The fourth-order valence-electron chi connectivity index (χ4n) is 2.09. The van der Waals surface area contributed by atoms with Crippen molar-refractivity contribution in [2.75, 3.05) is 13.2 Å². The van der Waals surface area contributed by atoms with Crippen LogP contribution in [0, 0.1) is 0 Å². The lowest BCUT2D eigenvalue weighted by Crippen LogP contribution is -2.26. The summed E-state index contributed by atoms with van der Waals surface area (Å²) in [6, 6.07) is 7.72. The maximum absolute atomic E-state index is 12.1. The average Bonchev–Trinajstić information content (AvgIpc) is 2.83. The smallest absolute Gasteiger partial charge is 0.328 e. The van der Waals surface area contributed by atoms with Gasteiger partial charge < -0.3 is 9.47 Å².